The largest absolute Gasteiger partial charge is 0.347 e. The lowest BCUT2D eigenvalue weighted by Crippen LogP contribution is -2.42. The Balaban J connectivity index is 1.48. The Bertz CT molecular complexity index is 719. The molecule has 2 bridgehead atoms. The molecule has 4 heterocycles. The zero-order valence-electron chi connectivity index (χ0n) is 11.8. The van der Waals surface area contributed by atoms with Gasteiger partial charge in [-0.2, -0.15) is 4.39 Å². The smallest absolute Gasteiger partial charge is 0.263 e. The van der Waals surface area contributed by atoms with E-state index in [-0.39, 0.29) is 11.9 Å². The maximum Gasteiger partial charge on any atom is 0.263 e. The summed E-state index contributed by atoms with van der Waals surface area (Å²) < 4.78 is 13.2. The van der Waals surface area contributed by atoms with Crippen LogP contribution in [0.5, 0.6) is 0 Å². The van der Waals surface area contributed by atoms with E-state index in [1.165, 1.54) is 30.0 Å². The molecule has 2 fully saturated rings. The maximum absolute atomic E-state index is 13.2. The molecule has 0 aliphatic carbocycles. The molecule has 3 atom stereocenters. The number of thiazole rings is 1. The van der Waals surface area contributed by atoms with Gasteiger partial charge < -0.3 is 10.6 Å². The molecule has 7 heteroatoms. The normalized spacial score (nSPS) is 26.3. The lowest BCUT2D eigenvalue weighted by Gasteiger charge is -2.20. The van der Waals surface area contributed by atoms with E-state index in [0.717, 1.165) is 12.8 Å². The zero-order chi connectivity index (χ0) is 15.1. The van der Waals surface area contributed by atoms with Crippen molar-refractivity contribution >= 4 is 17.2 Å². The van der Waals surface area contributed by atoms with E-state index in [2.05, 4.69) is 20.6 Å². The summed E-state index contributed by atoms with van der Waals surface area (Å²) in [6.07, 6.45) is 4.85. The minimum absolute atomic E-state index is 0.112. The Morgan fingerprint density at radius 2 is 2.32 bits per heavy atom. The number of hydrogen-bond donors (Lipinski definition) is 2. The monoisotopic (exact) mass is 318 g/mol. The van der Waals surface area contributed by atoms with Crippen molar-refractivity contribution in [3.8, 4) is 10.7 Å². The van der Waals surface area contributed by atoms with E-state index < -0.39 is 5.95 Å². The molecule has 4 rings (SSSR count). The van der Waals surface area contributed by atoms with E-state index in [1.54, 1.807) is 12.1 Å². The lowest BCUT2D eigenvalue weighted by atomic mass is 9.95. The second-order valence-electron chi connectivity index (χ2n) is 5.74. The number of carbonyl (C=O) groups excluding carboxylic acids is 1. The van der Waals surface area contributed by atoms with Gasteiger partial charge in [-0.1, -0.05) is 6.07 Å². The van der Waals surface area contributed by atoms with E-state index in [1.807, 2.05) is 0 Å². The average molecular weight is 318 g/mol. The van der Waals surface area contributed by atoms with Crippen LogP contribution in [0.25, 0.3) is 10.7 Å². The van der Waals surface area contributed by atoms with Gasteiger partial charge in [-0.15, -0.1) is 11.3 Å². The standard InChI is InChI=1S/C15H15FN4OS/c16-13-3-1-2-10(19-13)15-17-7-12(22-15)14(21)20-11-6-8-4-5-9(11)18-8/h1-3,7-9,11,18H,4-6H2,(H,20,21). The van der Waals surface area contributed by atoms with Gasteiger partial charge in [0.05, 0.1) is 6.20 Å². The molecule has 1 amide bonds. The van der Waals surface area contributed by atoms with Crippen molar-refractivity contribution < 1.29 is 9.18 Å². The van der Waals surface area contributed by atoms with Crippen LogP contribution in [0.4, 0.5) is 4.39 Å². The first-order chi connectivity index (χ1) is 10.7. The Morgan fingerprint density at radius 3 is 3.05 bits per heavy atom. The molecule has 0 spiro atoms. The molecule has 2 N–H and O–H groups in total. The third-order valence-corrected chi connectivity index (χ3v) is 5.30. The number of nitrogens with one attached hydrogen (secondary N) is 2. The van der Waals surface area contributed by atoms with Crippen molar-refractivity contribution in [3.63, 3.8) is 0 Å². The predicted molar refractivity (Wildman–Crippen MR) is 81.1 cm³/mol. The van der Waals surface area contributed by atoms with Crippen LogP contribution in [0.15, 0.2) is 24.4 Å². The Hall–Kier alpha value is -1.86. The van der Waals surface area contributed by atoms with E-state index in [0.29, 0.717) is 27.7 Å². The summed E-state index contributed by atoms with van der Waals surface area (Å²) in [6, 6.07) is 5.69. The highest BCUT2D eigenvalue weighted by molar-refractivity contribution is 7.16. The molecule has 114 valence electrons. The van der Waals surface area contributed by atoms with E-state index in [4.69, 9.17) is 0 Å². The van der Waals surface area contributed by atoms with Crippen LogP contribution in [0.3, 0.4) is 0 Å². The van der Waals surface area contributed by atoms with Gasteiger partial charge in [0.25, 0.3) is 5.91 Å². The van der Waals surface area contributed by atoms with Gasteiger partial charge in [0.2, 0.25) is 5.95 Å². The van der Waals surface area contributed by atoms with Crippen molar-refractivity contribution in [2.75, 3.05) is 0 Å². The summed E-state index contributed by atoms with van der Waals surface area (Å²) in [6.45, 7) is 0. The van der Waals surface area contributed by atoms with Gasteiger partial charge >= 0.3 is 0 Å². The van der Waals surface area contributed by atoms with Gasteiger partial charge in [-0.25, -0.2) is 9.97 Å². The number of carbonyl (C=O) groups is 1. The van der Waals surface area contributed by atoms with Crippen LogP contribution in [-0.4, -0.2) is 34.0 Å². The van der Waals surface area contributed by atoms with Gasteiger partial charge in [-0.3, -0.25) is 4.79 Å². The molecule has 2 aliphatic rings. The maximum atomic E-state index is 13.2. The van der Waals surface area contributed by atoms with Crippen LogP contribution in [0, 0.1) is 5.95 Å². The van der Waals surface area contributed by atoms with Crippen molar-refractivity contribution in [3.05, 3.63) is 35.2 Å². The van der Waals surface area contributed by atoms with Crippen molar-refractivity contribution in [1.29, 1.82) is 0 Å². The number of halogens is 1. The first-order valence-electron chi connectivity index (χ1n) is 7.35. The number of rotatable bonds is 3. The number of aromatic nitrogens is 2. The number of amides is 1. The zero-order valence-corrected chi connectivity index (χ0v) is 12.6. The fourth-order valence-electron chi connectivity index (χ4n) is 3.25. The summed E-state index contributed by atoms with van der Waals surface area (Å²) in [5, 5.41) is 7.12. The summed E-state index contributed by atoms with van der Waals surface area (Å²) in [5.74, 6) is -0.661. The molecule has 3 unspecified atom stereocenters. The fraction of sp³-hybridized carbons (Fsp3) is 0.400. The number of fused-ring (bicyclic) bond motifs is 2. The SMILES string of the molecule is O=C(NC1CC2CCC1N2)c1cnc(-c2cccc(F)n2)s1. The van der Waals surface area contributed by atoms with Crippen LogP contribution < -0.4 is 10.6 Å². The Kier molecular flexibility index (Phi) is 3.38. The summed E-state index contributed by atoms with van der Waals surface area (Å²) in [5.41, 5.74) is 0.450. The van der Waals surface area contributed by atoms with Crippen molar-refractivity contribution in [2.45, 2.75) is 37.4 Å². The molecule has 22 heavy (non-hydrogen) atoms. The third kappa shape index (κ3) is 2.50. The van der Waals surface area contributed by atoms with Crippen LogP contribution in [-0.2, 0) is 0 Å². The van der Waals surface area contributed by atoms with Crippen molar-refractivity contribution in [2.24, 2.45) is 0 Å². The first-order valence-corrected chi connectivity index (χ1v) is 8.16. The second-order valence-corrected chi connectivity index (χ2v) is 6.77. The van der Waals surface area contributed by atoms with Gasteiger partial charge in [0.15, 0.2) is 0 Å². The molecule has 0 radical (unpaired) electrons. The van der Waals surface area contributed by atoms with E-state index in [9.17, 15) is 9.18 Å². The molecular weight excluding hydrogens is 303 g/mol. The highest BCUT2D eigenvalue weighted by atomic mass is 32.1. The van der Waals surface area contributed by atoms with Crippen LogP contribution >= 0.6 is 11.3 Å². The Morgan fingerprint density at radius 1 is 1.41 bits per heavy atom. The second kappa shape index (κ2) is 5.40. The molecule has 2 aromatic heterocycles. The molecule has 2 aromatic rings. The average Bonchev–Trinajstić information content (AvgIpc) is 3.23. The highest BCUT2D eigenvalue weighted by Gasteiger charge is 2.39. The summed E-state index contributed by atoms with van der Waals surface area (Å²) in [7, 11) is 0. The van der Waals surface area contributed by atoms with E-state index >= 15 is 0 Å². The number of pyridine rings is 1. The molecular formula is C15H15FN4OS. The quantitative estimate of drug-likeness (QED) is 0.849. The third-order valence-electron chi connectivity index (χ3n) is 4.28. The van der Waals surface area contributed by atoms with Gasteiger partial charge in [-0.05, 0) is 31.4 Å². The van der Waals surface area contributed by atoms with Crippen LogP contribution in [0.2, 0.25) is 0 Å². The number of hydrogen-bond acceptors (Lipinski definition) is 5. The molecule has 5 nitrogen and oxygen atoms in total. The fourth-order valence-corrected chi connectivity index (χ4v) is 4.04. The molecule has 0 saturated carbocycles. The highest BCUT2D eigenvalue weighted by Crippen LogP contribution is 2.29. The minimum Gasteiger partial charge on any atom is -0.347 e. The number of nitrogens with zero attached hydrogens (tertiary/aromatic N) is 2. The molecule has 2 aliphatic heterocycles. The first kappa shape index (κ1) is 13.8. The molecule has 2 saturated heterocycles. The van der Waals surface area contributed by atoms with Gasteiger partial charge in [0, 0.05) is 18.1 Å². The summed E-state index contributed by atoms with van der Waals surface area (Å²) in [4.78, 5) is 20.8. The molecule has 0 aromatic carbocycles. The topological polar surface area (TPSA) is 66.9 Å². The minimum atomic E-state index is -0.549. The Labute approximate surface area is 131 Å². The summed E-state index contributed by atoms with van der Waals surface area (Å²) >= 11 is 1.23. The predicted octanol–water partition coefficient (Wildman–Crippen LogP) is 1.97. The lowest BCUT2D eigenvalue weighted by molar-refractivity contribution is 0.0935. The van der Waals surface area contributed by atoms with Crippen LogP contribution in [0.1, 0.15) is 28.9 Å². The van der Waals surface area contributed by atoms with Gasteiger partial charge in [0.1, 0.15) is 15.6 Å². The van der Waals surface area contributed by atoms with Crippen molar-refractivity contribution in [1.82, 2.24) is 20.6 Å².